The Hall–Kier alpha value is -3.09. The van der Waals surface area contributed by atoms with Gasteiger partial charge in [-0.1, -0.05) is 17.3 Å². The zero-order valence-electron chi connectivity index (χ0n) is 13.3. The van der Waals surface area contributed by atoms with Crippen LogP contribution in [0, 0.1) is 10.1 Å². The van der Waals surface area contributed by atoms with E-state index in [-0.39, 0.29) is 12.3 Å². The van der Waals surface area contributed by atoms with Crippen LogP contribution in [0.1, 0.15) is 12.5 Å². The van der Waals surface area contributed by atoms with Crippen LogP contribution in [0.5, 0.6) is 11.5 Å². The van der Waals surface area contributed by atoms with Crippen LogP contribution in [0.2, 0.25) is 0 Å². The number of nitrogens with zero attached hydrogens (tertiary/aromatic N) is 2. The van der Waals surface area contributed by atoms with Gasteiger partial charge in [0.25, 0.3) is 5.69 Å². The molecule has 0 aliphatic heterocycles. The van der Waals surface area contributed by atoms with Gasteiger partial charge in [0.05, 0.1) is 23.3 Å². The molecule has 0 aromatic heterocycles. The predicted molar refractivity (Wildman–Crippen MR) is 89.7 cm³/mol. The van der Waals surface area contributed by atoms with Gasteiger partial charge in [-0.15, -0.1) is 0 Å². The second kappa shape index (κ2) is 9.14. The Bertz CT molecular complexity index is 686. The molecule has 7 nitrogen and oxygen atoms in total. The second-order valence-corrected chi connectivity index (χ2v) is 4.64. The van der Waals surface area contributed by atoms with Gasteiger partial charge in [0.1, 0.15) is 18.1 Å². The number of oxime groups is 1. The van der Waals surface area contributed by atoms with Crippen LogP contribution in [0.4, 0.5) is 5.69 Å². The van der Waals surface area contributed by atoms with Gasteiger partial charge >= 0.3 is 0 Å². The smallest absolute Gasteiger partial charge is 0.278 e. The van der Waals surface area contributed by atoms with E-state index in [2.05, 4.69) is 5.16 Å². The number of hydrogen-bond acceptors (Lipinski definition) is 6. The van der Waals surface area contributed by atoms with Crippen molar-refractivity contribution in [2.75, 3.05) is 19.8 Å². The maximum atomic E-state index is 10.9. The fourth-order valence-electron chi connectivity index (χ4n) is 1.91. The Labute approximate surface area is 139 Å². The molecule has 7 heteroatoms. The third-order valence-corrected chi connectivity index (χ3v) is 2.98. The van der Waals surface area contributed by atoms with Crippen molar-refractivity contribution >= 4 is 11.9 Å². The highest BCUT2D eigenvalue weighted by Crippen LogP contribution is 2.17. The fraction of sp³-hybridized carbons (Fsp3) is 0.235. The van der Waals surface area contributed by atoms with E-state index < -0.39 is 4.92 Å². The average molecular weight is 330 g/mol. The largest absolute Gasteiger partial charge is 0.494 e. The summed E-state index contributed by atoms with van der Waals surface area (Å²) in [5.74, 6) is 1.49. The fourth-order valence-corrected chi connectivity index (χ4v) is 1.91. The molecule has 0 N–H and O–H groups in total. The van der Waals surface area contributed by atoms with E-state index in [0.29, 0.717) is 24.5 Å². The zero-order valence-corrected chi connectivity index (χ0v) is 13.3. The molecule has 0 saturated heterocycles. The number of rotatable bonds is 9. The highest BCUT2D eigenvalue weighted by molar-refractivity contribution is 5.84. The van der Waals surface area contributed by atoms with Crippen molar-refractivity contribution in [2.24, 2.45) is 5.16 Å². The van der Waals surface area contributed by atoms with Crippen molar-refractivity contribution in [1.29, 1.82) is 0 Å². The standard InChI is InChI=1S/C17H18N2O5/c1-2-22-15-7-9-16(10-8-15)23-11-12-24-18-13-14-5-3-4-6-17(14)19(20)21/h3-10,13H,2,11-12H2,1H3. The highest BCUT2D eigenvalue weighted by Gasteiger charge is 2.09. The number of benzene rings is 2. The minimum absolute atomic E-state index is 0.0181. The topological polar surface area (TPSA) is 83.2 Å². The highest BCUT2D eigenvalue weighted by atomic mass is 16.6. The Morgan fingerprint density at radius 1 is 1.04 bits per heavy atom. The van der Waals surface area contributed by atoms with Crippen molar-refractivity contribution in [3.8, 4) is 11.5 Å². The summed E-state index contributed by atoms with van der Waals surface area (Å²) in [5, 5.41) is 14.6. The lowest BCUT2D eigenvalue weighted by molar-refractivity contribution is -0.385. The first-order chi connectivity index (χ1) is 11.7. The molecule has 0 atom stereocenters. The second-order valence-electron chi connectivity index (χ2n) is 4.64. The molecular weight excluding hydrogens is 312 g/mol. The summed E-state index contributed by atoms with van der Waals surface area (Å²) in [4.78, 5) is 15.4. The molecule has 2 rings (SSSR count). The molecule has 0 aliphatic rings. The van der Waals surface area contributed by atoms with Crippen LogP contribution in [-0.4, -0.2) is 31.0 Å². The minimum Gasteiger partial charge on any atom is -0.494 e. The van der Waals surface area contributed by atoms with Gasteiger partial charge in [-0.2, -0.15) is 0 Å². The third kappa shape index (κ3) is 5.28. The maximum absolute atomic E-state index is 10.9. The van der Waals surface area contributed by atoms with E-state index in [4.69, 9.17) is 14.3 Å². The van der Waals surface area contributed by atoms with Crippen LogP contribution in [-0.2, 0) is 4.84 Å². The number of hydrogen-bond donors (Lipinski definition) is 0. The molecule has 0 fully saturated rings. The molecule has 126 valence electrons. The van der Waals surface area contributed by atoms with E-state index in [0.717, 1.165) is 5.75 Å². The minimum atomic E-state index is -0.462. The zero-order chi connectivity index (χ0) is 17.2. The quantitative estimate of drug-likeness (QED) is 0.304. The van der Waals surface area contributed by atoms with Crippen LogP contribution in [0.15, 0.2) is 53.7 Å². The van der Waals surface area contributed by atoms with Crippen molar-refractivity contribution < 1.29 is 19.2 Å². The number of nitro benzene ring substituents is 1. The van der Waals surface area contributed by atoms with Gasteiger partial charge in [-0.25, -0.2) is 0 Å². The molecule has 2 aromatic rings. The molecule has 0 saturated carbocycles. The summed E-state index contributed by atoms with van der Waals surface area (Å²) in [7, 11) is 0. The monoisotopic (exact) mass is 330 g/mol. The molecule has 0 heterocycles. The van der Waals surface area contributed by atoms with E-state index in [1.54, 1.807) is 18.2 Å². The molecule has 0 unspecified atom stereocenters. The van der Waals surface area contributed by atoms with Gasteiger partial charge in [-0.3, -0.25) is 10.1 Å². The third-order valence-electron chi connectivity index (χ3n) is 2.98. The van der Waals surface area contributed by atoms with Gasteiger partial charge in [0.15, 0.2) is 6.61 Å². The number of nitro groups is 1. The molecule has 0 bridgehead atoms. The van der Waals surface area contributed by atoms with E-state index in [9.17, 15) is 10.1 Å². The molecule has 0 spiro atoms. The lowest BCUT2D eigenvalue weighted by atomic mass is 10.2. The molecule has 2 aromatic carbocycles. The normalized spacial score (nSPS) is 10.5. The number of para-hydroxylation sites is 1. The van der Waals surface area contributed by atoms with E-state index in [1.807, 2.05) is 31.2 Å². The Morgan fingerprint density at radius 2 is 1.71 bits per heavy atom. The van der Waals surface area contributed by atoms with Crippen molar-refractivity contribution in [3.05, 3.63) is 64.2 Å². The molecule has 24 heavy (non-hydrogen) atoms. The maximum Gasteiger partial charge on any atom is 0.278 e. The number of ether oxygens (including phenoxy) is 2. The summed E-state index contributed by atoms with van der Waals surface area (Å²) in [6, 6.07) is 13.6. The summed E-state index contributed by atoms with van der Waals surface area (Å²) in [5.41, 5.74) is 0.366. The molecule has 0 amide bonds. The summed E-state index contributed by atoms with van der Waals surface area (Å²) in [6.07, 6.45) is 1.31. The first kappa shape index (κ1) is 17.3. The Kier molecular flexibility index (Phi) is 6.58. The van der Waals surface area contributed by atoms with Gasteiger partial charge < -0.3 is 14.3 Å². The summed E-state index contributed by atoms with van der Waals surface area (Å²) in [6.45, 7) is 3.07. The Morgan fingerprint density at radius 3 is 2.38 bits per heavy atom. The summed E-state index contributed by atoms with van der Waals surface area (Å²) >= 11 is 0. The molecular formula is C17H18N2O5. The van der Waals surface area contributed by atoms with Gasteiger partial charge in [0, 0.05) is 6.07 Å². The van der Waals surface area contributed by atoms with Crippen LogP contribution in [0.25, 0.3) is 0 Å². The van der Waals surface area contributed by atoms with Crippen molar-refractivity contribution in [3.63, 3.8) is 0 Å². The van der Waals surface area contributed by atoms with Gasteiger partial charge in [-0.05, 0) is 37.3 Å². The predicted octanol–water partition coefficient (Wildman–Crippen LogP) is 3.42. The molecule has 0 aliphatic carbocycles. The van der Waals surface area contributed by atoms with E-state index >= 15 is 0 Å². The average Bonchev–Trinajstić information content (AvgIpc) is 2.60. The van der Waals surface area contributed by atoms with Crippen LogP contribution in [0.3, 0.4) is 0 Å². The molecule has 0 radical (unpaired) electrons. The first-order valence-corrected chi connectivity index (χ1v) is 7.45. The Balaban J connectivity index is 1.74. The summed E-state index contributed by atoms with van der Waals surface area (Å²) < 4.78 is 10.8. The van der Waals surface area contributed by atoms with Crippen molar-refractivity contribution in [2.45, 2.75) is 6.92 Å². The SMILES string of the molecule is CCOc1ccc(OCCON=Cc2ccccc2[N+](=O)[O-])cc1. The van der Waals surface area contributed by atoms with Crippen LogP contribution >= 0.6 is 0 Å². The lowest BCUT2D eigenvalue weighted by Gasteiger charge is -2.07. The van der Waals surface area contributed by atoms with Gasteiger partial charge in [0.2, 0.25) is 0 Å². The van der Waals surface area contributed by atoms with Crippen molar-refractivity contribution in [1.82, 2.24) is 0 Å². The van der Waals surface area contributed by atoms with E-state index in [1.165, 1.54) is 12.3 Å². The first-order valence-electron chi connectivity index (χ1n) is 7.45. The van der Waals surface area contributed by atoms with Crippen LogP contribution < -0.4 is 9.47 Å². The lowest BCUT2D eigenvalue weighted by Crippen LogP contribution is -2.04.